The third-order valence-electron chi connectivity index (χ3n) is 3.65. The third-order valence-corrected chi connectivity index (χ3v) is 4.02. The Labute approximate surface area is 151 Å². The van der Waals surface area contributed by atoms with Crippen LogP contribution in [0.5, 0.6) is 5.75 Å². The zero-order valence-corrected chi connectivity index (χ0v) is 14.5. The smallest absolute Gasteiger partial charge is 0.263 e. The molecule has 0 radical (unpaired) electrons. The normalized spacial score (nSPS) is 10.5. The number of carbonyl (C=O) groups excluding carboxylic acids is 1. The number of aromatic nitrogens is 2. The summed E-state index contributed by atoms with van der Waals surface area (Å²) in [6.45, 7) is 2.40. The number of hydrogen-bond acceptors (Lipinski definition) is 3. The van der Waals surface area contributed by atoms with Crippen LogP contribution in [0.1, 0.15) is 11.1 Å². The molecule has 0 saturated carbocycles. The van der Waals surface area contributed by atoms with Gasteiger partial charge in [0, 0.05) is 17.3 Å². The highest BCUT2D eigenvalue weighted by atomic mass is 35.5. The van der Waals surface area contributed by atoms with Crippen molar-refractivity contribution in [2.24, 2.45) is 0 Å². The molecule has 6 heteroatoms. The molecule has 0 unspecified atom stereocenters. The van der Waals surface area contributed by atoms with Crippen LogP contribution in [0.15, 0.2) is 60.8 Å². The van der Waals surface area contributed by atoms with E-state index in [1.54, 1.807) is 16.9 Å². The van der Waals surface area contributed by atoms with Crippen molar-refractivity contribution >= 4 is 23.3 Å². The van der Waals surface area contributed by atoms with Gasteiger partial charge < -0.3 is 10.1 Å². The predicted molar refractivity (Wildman–Crippen MR) is 98.1 cm³/mol. The SMILES string of the molecule is Cc1ccccc1OCC(=O)Nc1ccn(Cc2ccccc2Cl)n1. The van der Waals surface area contributed by atoms with E-state index in [0.29, 0.717) is 23.1 Å². The van der Waals surface area contributed by atoms with Gasteiger partial charge in [0.2, 0.25) is 0 Å². The van der Waals surface area contributed by atoms with Crippen molar-refractivity contribution in [3.8, 4) is 5.75 Å². The zero-order valence-electron chi connectivity index (χ0n) is 13.8. The lowest BCUT2D eigenvalue weighted by atomic mass is 10.2. The maximum Gasteiger partial charge on any atom is 0.263 e. The van der Waals surface area contributed by atoms with Crippen LogP contribution in [-0.4, -0.2) is 22.3 Å². The zero-order chi connectivity index (χ0) is 17.6. The molecule has 3 rings (SSSR count). The van der Waals surface area contributed by atoms with Gasteiger partial charge in [-0.2, -0.15) is 5.10 Å². The number of ether oxygens (including phenoxy) is 1. The highest BCUT2D eigenvalue weighted by molar-refractivity contribution is 6.31. The highest BCUT2D eigenvalue weighted by Crippen LogP contribution is 2.17. The van der Waals surface area contributed by atoms with E-state index in [1.165, 1.54) is 0 Å². The number of anilines is 1. The van der Waals surface area contributed by atoms with Crippen molar-refractivity contribution in [2.75, 3.05) is 11.9 Å². The average molecular weight is 356 g/mol. The van der Waals surface area contributed by atoms with Crippen molar-refractivity contribution in [2.45, 2.75) is 13.5 Å². The van der Waals surface area contributed by atoms with Crippen LogP contribution in [0.2, 0.25) is 5.02 Å². The second-order valence-electron chi connectivity index (χ2n) is 5.59. The van der Waals surface area contributed by atoms with Crippen LogP contribution in [0, 0.1) is 6.92 Å². The largest absolute Gasteiger partial charge is 0.483 e. The Hall–Kier alpha value is -2.79. The molecule has 1 heterocycles. The predicted octanol–water partition coefficient (Wildman–Crippen LogP) is 3.91. The molecule has 25 heavy (non-hydrogen) atoms. The van der Waals surface area contributed by atoms with Crippen LogP contribution in [0.3, 0.4) is 0 Å². The van der Waals surface area contributed by atoms with Gasteiger partial charge in [-0.25, -0.2) is 0 Å². The van der Waals surface area contributed by atoms with Gasteiger partial charge in [0.25, 0.3) is 5.91 Å². The second-order valence-corrected chi connectivity index (χ2v) is 6.00. The van der Waals surface area contributed by atoms with Crippen LogP contribution >= 0.6 is 11.6 Å². The minimum atomic E-state index is -0.258. The maximum atomic E-state index is 12.0. The number of halogens is 1. The molecule has 0 spiro atoms. The Kier molecular flexibility index (Phi) is 5.36. The number of aryl methyl sites for hydroxylation is 1. The molecule has 2 aromatic carbocycles. The summed E-state index contributed by atoms with van der Waals surface area (Å²) >= 11 is 6.15. The van der Waals surface area contributed by atoms with Gasteiger partial charge in [-0.05, 0) is 30.2 Å². The number of hydrogen-bond donors (Lipinski definition) is 1. The molecular formula is C19H18ClN3O2. The van der Waals surface area contributed by atoms with E-state index < -0.39 is 0 Å². The summed E-state index contributed by atoms with van der Waals surface area (Å²) in [5, 5.41) is 7.74. The van der Waals surface area contributed by atoms with Crippen molar-refractivity contribution < 1.29 is 9.53 Å². The fourth-order valence-electron chi connectivity index (χ4n) is 2.36. The van der Waals surface area contributed by atoms with Crippen LogP contribution in [0.4, 0.5) is 5.82 Å². The summed E-state index contributed by atoms with van der Waals surface area (Å²) in [7, 11) is 0. The average Bonchev–Trinajstić information content (AvgIpc) is 3.03. The molecule has 1 N–H and O–H groups in total. The number of rotatable bonds is 6. The first-order valence-electron chi connectivity index (χ1n) is 7.87. The molecule has 0 fully saturated rings. The fourth-order valence-corrected chi connectivity index (χ4v) is 2.55. The van der Waals surface area contributed by atoms with E-state index in [-0.39, 0.29) is 12.5 Å². The lowest BCUT2D eigenvalue weighted by Gasteiger charge is -2.08. The minimum Gasteiger partial charge on any atom is -0.483 e. The standard InChI is InChI=1S/C19H18ClN3O2/c1-14-6-2-5-9-17(14)25-13-19(24)21-18-10-11-23(22-18)12-15-7-3-4-8-16(15)20/h2-11H,12-13H2,1H3,(H,21,22,24). The summed E-state index contributed by atoms with van der Waals surface area (Å²) < 4.78 is 7.25. The molecule has 128 valence electrons. The fraction of sp³-hybridized carbons (Fsp3) is 0.158. The van der Waals surface area contributed by atoms with Crippen molar-refractivity contribution in [1.82, 2.24) is 9.78 Å². The highest BCUT2D eigenvalue weighted by Gasteiger charge is 2.08. The van der Waals surface area contributed by atoms with Crippen molar-refractivity contribution in [3.05, 3.63) is 76.9 Å². The Morgan fingerprint density at radius 3 is 2.72 bits per heavy atom. The first-order valence-corrected chi connectivity index (χ1v) is 8.25. The van der Waals surface area contributed by atoms with E-state index in [1.807, 2.05) is 55.5 Å². The summed E-state index contributed by atoms with van der Waals surface area (Å²) in [5.41, 5.74) is 1.95. The topological polar surface area (TPSA) is 56.1 Å². The summed E-state index contributed by atoms with van der Waals surface area (Å²) in [5.74, 6) is 0.915. The molecule has 0 saturated heterocycles. The first kappa shape index (κ1) is 17.0. The van der Waals surface area contributed by atoms with E-state index in [4.69, 9.17) is 16.3 Å². The third kappa shape index (κ3) is 4.61. The van der Waals surface area contributed by atoms with E-state index in [9.17, 15) is 4.79 Å². The van der Waals surface area contributed by atoms with Crippen LogP contribution < -0.4 is 10.1 Å². The summed E-state index contributed by atoms with van der Waals surface area (Å²) in [6.07, 6.45) is 1.79. The van der Waals surface area contributed by atoms with E-state index in [0.717, 1.165) is 11.1 Å². The lowest BCUT2D eigenvalue weighted by molar-refractivity contribution is -0.118. The molecule has 1 aromatic heterocycles. The lowest BCUT2D eigenvalue weighted by Crippen LogP contribution is -2.20. The first-order chi connectivity index (χ1) is 12.1. The van der Waals surface area contributed by atoms with Crippen LogP contribution in [0.25, 0.3) is 0 Å². The Bertz CT molecular complexity index is 876. The van der Waals surface area contributed by atoms with Gasteiger partial charge in [-0.15, -0.1) is 0 Å². The number of carbonyl (C=O) groups is 1. The number of nitrogens with zero attached hydrogens (tertiary/aromatic N) is 2. The maximum absolute atomic E-state index is 12.0. The van der Waals surface area contributed by atoms with Gasteiger partial charge in [0.15, 0.2) is 12.4 Å². The molecule has 0 bridgehead atoms. The Morgan fingerprint density at radius 2 is 1.92 bits per heavy atom. The van der Waals surface area contributed by atoms with E-state index >= 15 is 0 Å². The molecular weight excluding hydrogens is 338 g/mol. The van der Waals surface area contributed by atoms with Gasteiger partial charge in [-0.3, -0.25) is 9.48 Å². The van der Waals surface area contributed by atoms with Crippen molar-refractivity contribution in [3.63, 3.8) is 0 Å². The molecule has 3 aromatic rings. The van der Waals surface area contributed by atoms with Gasteiger partial charge in [0.05, 0.1) is 6.54 Å². The van der Waals surface area contributed by atoms with E-state index in [2.05, 4.69) is 10.4 Å². The monoisotopic (exact) mass is 355 g/mol. The van der Waals surface area contributed by atoms with Gasteiger partial charge in [0.1, 0.15) is 5.75 Å². The number of para-hydroxylation sites is 1. The molecule has 0 aliphatic heterocycles. The molecule has 0 atom stereocenters. The number of benzene rings is 2. The van der Waals surface area contributed by atoms with Crippen molar-refractivity contribution in [1.29, 1.82) is 0 Å². The number of amides is 1. The Morgan fingerprint density at radius 1 is 1.16 bits per heavy atom. The van der Waals surface area contributed by atoms with Gasteiger partial charge in [-0.1, -0.05) is 48.0 Å². The number of nitrogens with one attached hydrogen (secondary N) is 1. The summed E-state index contributed by atoms with van der Waals surface area (Å²) in [6, 6.07) is 16.9. The molecule has 1 amide bonds. The second kappa shape index (κ2) is 7.85. The minimum absolute atomic E-state index is 0.0672. The Balaban J connectivity index is 1.55. The van der Waals surface area contributed by atoms with Gasteiger partial charge >= 0.3 is 0 Å². The van der Waals surface area contributed by atoms with Crippen LogP contribution in [-0.2, 0) is 11.3 Å². The molecule has 0 aliphatic carbocycles. The summed E-state index contributed by atoms with van der Waals surface area (Å²) in [4.78, 5) is 12.0. The quantitative estimate of drug-likeness (QED) is 0.729. The molecule has 5 nitrogen and oxygen atoms in total. The molecule has 0 aliphatic rings.